The van der Waals surface area contributed by atoms with Crippen LogP contribution < -0.4 is 24.8 Å². The molecule has 0 amide bonds. The third-order valence-electron chi connectivity index (χ3n) is 11.5. The van der Waals surface area contributed by atoms with Crippen LogP contribution in [-0.4, -0.2) is 24.0 Å². The van der Waals surface area contributed by atoms with Gasteiger partial charge in [-0.15, -0.1) is 0 Å². The van der Waals surface area contributed by atoms with Gasteiger partial charge in [0.15, 0.2) is 0 Å². The van der Waals surface area contributed by atoms with E-state index < -0.39 is 44.9 Å². The van der Waals surface area contributed by atoms with E-state index in [-0.39, 0.29) is 24.8 Å². The van der Waals surface area contributed by atoms with E-state index in [9.17, 15) is 0 Å². The molecule has 0 bridgehead atoms. The zero-order valence-corrected chi connectivity index (χ0v) is 36.3. The molecule has 2 nitrogen and oxygen atoms in total. The molecule has 8 heteroatoms. The number of halogens is 2. The van der Waals surface area contributed by atoms with Crippen molar-refractivity contribution in [2.45, 2.75) is 162 Å². The van der Waals surface area contributed by atoms with Crippen molar-refractivity contribution >= 4 is 24.0 Å². The van der Waals surface area contributed by atoms with E-state index in [1.807, 2.05) is 22.3 Å². The van der Waals surface area contributed by atoms with Crippen LogP contribution in [0.5, 0.6) is 0 Å². The molecular formula is C36H61Cl2O2Si3Zr. The zero-order chi connectivity index (χ0) is 29.4. The Hall–Kier alpha value is 0.674. The Bertz CT molecular complexity index is 1050. The van der Waals surface area contributed by atoms with Crippen LogP contribution in [0.4, 0.5) is 0 Å². The average Bonchev–Trinajstić information content (AvgIpc) is 3.46. The molecule has 0 spiro atoms. The first-order valence-corrected chi connectivity index (χ1v) is 34.0. The Morgan fingerprint density at radius 1 is 0.500 bits per heavy atom. The van der Waals surface area contributed by atoms with Gasteiger partial charge in [-0.2, -0.15) is 0 Å². The van der Waals surface area contributed by atoms with Gasteiger partial charge in [0, 0.05) is 0 Å². The molecule has 6 aliphatic carbocycles. The quantitative estimate of drug-likeness (QED) is 0.320. The fourth-order valence-electron chi connectivity index (χ4n) is 10.0. The van der Waals surface area contributed by atoms with Crippen LogP contribution in [0.1, 0.15) is 116 Å². The second kappa shape index (κ2) is 16.9. The SMILES string of the molecule is C[SiH](C)OC1=C(C2CCCCC2)[CH]([Zr+2]([CH]2C3=C(CCCC3)C(O[SiH](C)C)=C2C2CCCCC2)[SiH](C)C)C2=C1CCCC2.[Cl-].[Cl-]. The second-order valence-corrected chi connectivity index (χ2v) is 40.2. The van der Waals surface area contributed by atoms with E-state index in [1.54, 1.807) is 11.1 Å². The van der Waals surface area contributed by atoms with Gasteiger partial charge in [-0.05, 0) is 0 Å². The largest absolute Gasteiger partial charge is 1.00 e. The number of hydrogen-bond acceptors (Lipinski definition) is 2. The molecule has 0 aliphatic heterocycles. The van der Waals surface area contributed by atoms with Crippen LogP contribution in [0.15, 0.2) is 45.0 Å². The summed E-state index contributed by atoms with van der Waals surface area (Å²) in [6, 6.07) is 0. The van der Waals surface area contributed by atoms with Crippen molar-refractivity contribution in [2.24, 2.45) is 11.8 Å². The van der Waals surface area contributed by atoms with Crippen LogP contribution in [0, 0.1) is 11.8 Å². The minimum absolute atomic E-state index is 0. The van der Waals surface area contributed by atoms with E-state index in [0.717, 1.165) is 19.1 Å². The summed E-state index contributed by atoms with van der Waals surface area (Å²) < 4.78 is 16.0. The predicted molar refractivity (Wildman–Crippen MR) is 184 cm³/mol. The van der Waals surface area contributed by atoms with Gasteiger partial charge >= 0.3 is 273 Å². The molecule has 2 fully saturated rings. The first-order chi connectivity index (χ1) is 20.4. The molecule has 0 aromatic rings. The normalized spacial score (nSPS) is 26.8. The summed E-state index contributed by atoms with van der Waals surface area (Å²) in [5.74, 6) is 3.81. The summed E-state index contributed by atoms with van der Waals surface area (Å²) in [5, 5.41) is 0. The topological polar surface area (TPSA) is 18.5 Å². The second-order valence-electron chi connectivity index (χ2n) is 15.5. The van der Waals surface area contributed by atoms with E-state index in [2.05, 4.69) is 39.3 Å². The summed E-state index contributed by atoms with van der Waals surface area (Å²) in [6.07, 6.45) is 25.4. The molecule has 0 N–H and O–H groups in total. The van der Waals surface area contributed by atoms with Gasteiger partial charge in [0.1, 0.15) is 0 Å². The van der Waals surface area contributed by atoms with Crippen molar-refractivity contribution in [1.82, 2.24) is 0 Å². The van der Waals surface area contributed by atoms with Crippen molar-refractivity contribution in [3.8, 4) is 0 Å². The molecule has 44 heavy (non-hydrogen) atoms. The average molecular weight is 772 g/mol. The first-order valence-electron chi connectivity index (χ1n) is 18.5. The maximum atomic E-state index is 7.16. The molecular weight excluding hydrogens is 711 g/mol. The zero-order valence-electron chi connectivity index (χ0n) is 28.8. The Balaban J connectivity index is 0.00000221. The molecule has 2 saturated carbocycles. The fourth-order valence-corrected chi connectivity index (χ4v) is 35.1. The third kappa shape index (κ3) is 7.61. The number of hydrogen-bond donors (Lipinski definition) is 0. The fraction of sp³-hybridized carbons (Fsp3) is 0.778. The molecule has 0 heterocycles. The summed E-state index contributed by atoms with van der Waals surface area (Å²) in [4.78, 5) is 0. The van der Waals surface area contributed by atoms with E-state index in [0.29, 0.717) is 0 Å². The van der Waals surface area contributed by atoms with Gasteiger partial charge in [0.2, 0.25) is 0 Å². The predicted octanol–water partition coefficient (Wildman–Crippen LogP) is 4.61. The van der Waals surface area contributed by atoms with Crippen LogP contribution in [0.3, 0.4) is 0 Å². The standard InChI is InChI=1S/2C17H27OSi.C2H7Si.2ClH.Zr/c2*1-19(2)18-17-15-11-7-6-10-14(15)12-16(17)13-8-4-3-5-9-13;1-3-2;;;/h2*12-13,19H,3-11H2,1-2H3;3H,1-2H3;2*1H;/q;;;;;+2/p-2. The summed E-state index contributed by atoms with van der Waals surface area (Å²) in [5.41, 5.74) is 11.3. The molecule has 0 aromatic heterocycles. The smallest absolute Gasteiger partial charge is 1.00 e. The Morgan fingerprint density at radius 2 is 0.864 bits per heavy atom. The molecule has 0 aromatic carbocycles. The van der Waals surface area contributed by atoms with Gasteiger partial charge in [-0.1, -0.05) is 0 Å². The molecule has 2 atom stereocenters. The maximum Gasteiger partial charge on any atom is -1.00 e. The van der Waals surface area contributed by atoms with E-state index in [1.165, 1.54) is 127 Å². The van der Waals surface area contributed by atoms with Gasteiger partial charge in [0.25, 0.3) is 0 Å². The van der Waals surface area contributed by atoms with Crippen molar-refractivity contribution in [1.29, 1.82) is 0 Å². The molecule has 2 unspecified atom stereocenters. The molecule has 247 valence electrons. The Kier molecular flexibility index (Phi) is 14.4. The first kappa shape index (κ1) is 37.5. The molecule has 6 aliphatic rings. The van der Waals surface area contributed by atoms with Crippen molar-refractivity contribution < 1.29 is 54.6 Å². The van der Waals surface area contributed by atoms with Crippen molar-refractivity contribution in [3.63, 3.8) is 0 Å². The Morgan fingerprint density at radius 3 is 1.20 bits per heavy atom. The summed E-state index contributed by atoms with van der Waals surface area (Å²) in [7, 11) is -2.35. The number of allylic oxidation sites excluding steroid dienone is 6. The van der Waals surface area contributed by atoms with Gasteiger partial charge in [-0.25, -0.2) is 0 Å². The summed E-state index contributed by atoms with van der Waals surface area (Å²) >= 11 is -2.09. The maximum absolute atomic E-state index is 7.16. The van der Waals surface area contributed by atoms with E-state index in [4.69, 9.17) is 8.85 Å². The molecule has 0 saturated heterocycles. The van der Waals surface area contributed by atoms with Gasteiger partial charge in [0.05, 0.1) is 0 Å². The monoisotopic (exact) mass is 769 g/mol. The van der Waals surface area contributed by atoms with Crippen LogP contribution in [-0.2, 0) is 29.8 Å². The van der Waals surface area contributed by atoms with Crippen LogP contribution in [0.25, 0.3) is 0 Å². The summed E-state index contributed by atoms with van der Waals surface area (Å²) in [6.45, 7) is 15.4. The minimum atomic E-state index is -2.09. The van der Waals surface area contributed by atoms with Crippen LogP contribution >= 0.6 is 0 Å². The number of rotatable bonds is 9. The van der Waals surface area contributed by atoms with Gasteiger partial charge in [-0.3, -0.25) is 0 Å². The van der Waals surface area contributed by atoms with Crippen molar-refractivity contribution in [2.75, 3.05) is 0 Å². The minimum Gasteiger partial charge on any atom is -1.00 e. The molecule has 0 radical (unpaired) electrons. The van der Waals surface area contributed by atoms with Crippen LogP contribution in [0.2, 0.25) is 46.5 Å². The third-order valence-corrected chi connectivity index (χ3v) is 34.6. The Labute approximate surface area is 295 Å². The van der Waals surface area contributed by atoms with E-state index >= 15 is 0 Å². The van der Waals surface area contributed by atoms with Crippen molar-refractivity contribution in [3.05, 3.63) is 45.0 Å². The molecule has 6 rings (SSSR count). The van der Waals surface area contributed by atoms with Gasteiger partial charge < -0.3 is 24.8 Å².